The summed E-state index contributed by atoms with van der Waals surface area (Å²) in [6, 6.07) is 5.19. The van der Waals surface area contributed by atoms with Gasteiger partial charge in [-0.05, 0) is 23.6 Å². The molecule has 0 fully saturated rings. The molecular formula is C10H9ClFN. The third-order valence-electron chi connectivity index (χ3n) is 1.83. The SMILES string of the molecule is CCc1cc(CC#N)cc(Cl)c1F. The molecule has 0 unspecified atom stereocenters. The van der Waals surface area contributed by atoms with E-state index in [4.69, 9.17) is 16.9 Å². The molecule has 0 aliphatic rings. The molecule has 0 N–H and O–H groups in total. The zero-order valence-electron chi connectivity index (χ0n) is 7.27. The van der Waals surface area contributed by atoms with Crippen molar-refractivity contribution in [2.75, 3.05) is 0 Å². The topological polar surface area (TPSA) is 23.8 Å². The fourth-order valence-corrected chi connectivity index (χ4v) is 1.42. The van der Waals surface area contributed by atoms with Crippen LogP contribution in [-0.4, -0.2) is 0 Å². The van der Waals surface area contributed by atoms with Gasteiger partial charge in [0.25, 0.3) is 0 Å². The van der Waals surface area contributed by atoms with Crippen molar-refractivity contribution in [3.8, 4) is 6.07 Å². The minimum Gasteiger partial charge on any atom is -0.205 e. The Balaban J connectivity index is 3.16. The molecule has 0 aliphatic carbocycles. The van der Waals surface area contributed by atoms with Gasteiger partial charge in [0.05, 0.1) is 17.5 Å². The maximum Gasteiger partial charge on any atom is 0.144 e. The van der Waals surface area contributed by atoms with Crippen LogP contribution in [0.2, 0.25) is 5.02 Å². The minimum atomic E-state index is -0.370. The van der Waals surface area contributed by atoms with E-state index in [2.05, 4.69) is 0 Å². The summed E-state index contributed by atoms with van der Waals surface area (Å²) in [5.41, 5.74) is 1.34. The van der Waals surface area contributed by atoms with Crippen LogP contribution in [0.1, 0.15) is 18.1 Å². The number of rotatable bonds is 2. The summed E-state index contributed by atoms with van der Waals surface area (Å²) in [7, 11) is 0. The van der Waals surface area contributed by atoms with Crippen LogP contribution < -0.4 is 0 Å². The van der Waals surface area contributed by atoms with Gasteiger partial charge in [0.2, 0.25) is 0 Å². The zero-order chi connectivity index (χ0) is 9.84. The fourth-order valence-electron chi connectivity index (χ4n) is 1.16. The van der Waals surface area contributed by atoms with Crippen molar-refractivity contribution in [2.45, 2.75) is 19.8 Å². The lowest BCUT2D eigenvalue weighted by molar-refractivity contribution is 0.612. The highest BCUT2D eigenvalue weighted by atomic mass is 35.5. The molecule has 1 nitrogen and oxygen atoms in total. The molecule has 0 atom stereocenters. The molecule has 0 aliphatic heterocycles. The van der Waals surface area contributed by atoms with Gasteiger partial charge in [-0.25, -0.2) is 4.39 Å². The zero-order valence-corrected chi connectivity index (χ0v) is 8.03. The molecule has 0 spiro atoms. The van der Waals surface area contributed by atoms with Crippen molar-refractivity contribution in [3.63, 3.8) is 0 Å². The van der Waals surface area contributed by atoms with Gasteiger partial charge >= 0.3 is 0 Å². The lowest BCUT2D eigenvalue weighted by atomic mass is 10.1. The monoisotopic (exact) mass is 197 g/mol. The Labute approximate surface area is 81.8 Å². The summed E-state index contributed by atoms with van der Waals surface area (Å²) < 4.78 is 13.2. The molecule has 0 saturated heterocycles. The molecule has 0 radical (unpaired) electrons. The normalized spacial score (nSPS) is 9.69. The Bertz CT molecular complexity index is 355. The van der Waals surface area contributed by atoms with Crippen LogP contribution in [0.4, 0.5) is 4.39 Å². The Morgan fingerprint density at radius 3 is 2.77 bits per heavy atom. The number of benzene rings is 1. The van der Waals surface area contributed by atoms with Crippen molar-refractivity contribution in [1.82, 2.24) is 0 Å². The van der Waals surface area contributed by atoms with E-state index in [0.29, 0.717) is 12.0 Å². The molecule has 0 heterocycles. The first kappa shape index (κ1) is 10.0. The average Bonchev–Trinajstić information content (AvgIpc) is 2.11. The highest BCUT2D eigenvalue weighted by Crippen LogP contribution is 2.21. The standard InChI is InChI=1S/C10H9ClFN/c1-2-8-5-7(3-4-13)6-9(11)10(8)12/h5-6H,2-3H2,1H3. The summed E-state index contributed by atoms with van der Waals surface area (Å²) in [6.07, 6.45) is 0.859. The number of hydrogen-bond donors (Lipinski definition) is 0. The van der Waals surface area contributed by atoms with Gasteiger partial charge in [0.15, 0.2) is 0 Å². The van der Waals surface area contributed by atoms with Gasteiger partial charge in [0, 0.05) is 0 Å². The van der Waals surface area contributed by atoms with E-state index in [9.17, 15) is 4.39 Å². The first-order valence-electron chi connectivity index (χ1n) is 4.02. The van der Waals surface area contributed by atoms with Crippen molar-refractivity contribution in [2.24, 2.45) is 0 Å². The fraction of sp³-hybridized carbons (Fsp3) is 0.300. The molecule has 1 rings (SSSR count). The van der Waals surface area contributed by atoms with Gasteiger partial charge in [0.1, 0.15) is 5.82 Å². The molecule has 0 saturated carbocycles. The van der Waals surface area contributed by atoms with E-state index < -0.39 is 0 Å². The summed E-state index contributed by atoms with van der Waals surface area (Å²) in [5.74, 6) is -0.370. The molecular weight excluding hydrogens is 189 g/mol. The molecule has 3 heteroatoms. The molecule has 1 aromatic carbocycles. The third kappa shape index (κ3) is 2.19. The van der Waals surface area contributed by atoms with E-state index in [1.54, 1.807) is 6.07 Å². The maximum atomic E-state index is 13.2. The first-order chi connectivity index (χ1) is 6.19. The van der Waals surface area contributed by atoms with Crippen molar-refractivity contribution < 1.29 is 4.39 Å². The second-order valence-electron chi connectivity index (χ2n) is 2.74. The number of hydrogen-bond acceptors (Lipinski definition) is 1. The number of nitrogens with zero attached hydrogens (tertiary/aromatic N) is 1. The van der Waals surface area contributed by atoms with E-state index in [0.717, 1.165) is 5.56 Å². The third-order valence-corrected chi connectivity index (χ3v) is 2.10. The smallest absolute Gasteiger partial charge is 0.144 e. The summed E-state index contributed by atoms with van der Waals surface area (Å²) in [6.45, 7) is 1.85. The van der Waals surface area contributed by atoms with Crippen LogP contribution >= 0.6 is 11.6 Å². The Hall–Kier alpha value is -1.07. The quantitative estimate of drug-likeness (QED) is 0.715. The summed E-state index contributed by atoms with van der Waals surface area (Å²) in [4.78, 5) is 0. The minimum absolute atomic E-state index is 0.101. The summed E-state index contributed by atoms with van der Waals surface area (Å²) >= 11 is 5.65. The number of halogens is 2. The molecule has 0 bridgehead atoms. The van der Waals surface area contributed by atoms with Gasteiger partial charge in [-0.3, -0.25) is 0 Å². The molecule has 68 valence electrons. The molecule has 13 heavy (non-hydrogen) atoms. The van der Waals surface area contributed by atoms with Crippen LogP contribution in [-0.2, 0) is 12.8 Å². The van der Waals surface area contributed by atoms with Crippen LogP contribution in [0.25, 0.3) is 0 Å². The molecule has 1 aromatic rings. The Morgan fingerprint density at radius 2 is 2.23 bits per heavy atom. The second kappa shape index (κ2) is 4.25. The van der Waals surface area contributed by atoms with E-state index in [1.807, 2.05) is 13.0 Å². The Morgan fingerprint density at radius 1 is 1.54 bits per heavy atom. The number of aryl methyl sites for hydroxylation is 1. The lowest BCUT2D eigenvalue weighted by Gasteiger charge is -2.04. The molecule has 0 aromatic heterocycles. The van der Waals surface area contributed by atoms with Gasteiger partial charge in [-0.1, -0.05) is 24.6 Å². The van der Waals surface area contributed by atoms with Crippen molar-refractivity contribution >= 4 is 11.6 Å². The number of nitriles is 1. The van der Waals surface area contributed by atoms with E-state index in [1.165, 1.54) is 6.07 Å². The van der Waals surface area contributed by atoms with Crippen LogP contribution in [0.5, 0.6) is 0 Å². The van der Waals surface area contributed by atoms with Crippen LogP contribution in [0, 0.1) is 17.1 Å². The predicted molar refractivity (Wildman–Crippen MR) is 50.1 cm³/mol. The second-order valence-corrected chi connectivity index (χ2v) is 3.15. The van der Waals surface area contributed by atoms with Crippen molar-refractivity contribution in [3.05, 3.63) is 34.1 Å². The first-order valence-corrected chi connectivity index (χ1v) is 4.40. The molecule has 0 amide bonds. The summed E-state index contributed by atoms with van der Waals surface area (Å²) in [5, 5.41) is 8.56. The van der Waals surface area contributed by atoms with Gasteiger partial charge in [-0.2, -0.15) is 5.26 Å². The van der Waals surface area contributed by atoms with Crippen LogP contribution in [0.15, 0.2) is 12.1 Å². The largest absolute Gasteiger partial charge is 0.205 e. The van der Waals surface area contributed by atoms with Crippen LogP contribution in [0.3, 0.4) is 0 Å². The highest BCUT2D eigenvalue weighted by Gasteiger charge is 2.07. The van der Waals surface area contributed by atoms with E-state index >= 15 is 0 Å². The Kier molecular flexibility index (Phi) is 3.27. The van der Waals surface area contributed by atoms with Gasteiger partial charge < -0.3 is 0 Å². The predicted octanol–water partition coefficient (Wildman–Crippen LogP) is 3.11. The van der Waals surface area contributed by atoms with E-state index in [-0.39, 0.29) is 17.3 Å². The maximum absolute atomic E-state index is 13.2. The highest BCUT2D eigenvalue weighted by molar-refractivity contribution is 6.30. The average molecular weight is 198 g/mol. The van der Waals surface area contributed by atoms with Gasteiger partial charge in [-0.15, -0.1) is 0 Å². The lowest BCUT2D eigenvalue weighted by Crippen LogP contribution is -1.92. The van der Waals surface area contributed by atoms with Crippen molar-refractivity contribution in [1.29, 1.82) is 5.26 Å².